The van der Waals surface area contributed by atoms with E-state index < -0.39 is 0 Å². The minimum absolute atomic E-state index is 0.277. The van der Waals surface area contributed by atoms with Crippen LogP contribution in [0.4, 0.5) is 4.39 Å². The van der Waals surface area contributed by atoms with Crippen LogP contribution in [-0.4, -0.2) is 15.0 Å². The Morgan fingerprint density at radius 1 is 1.56 bits per heavy atom. The minimum Gasteiger partial charge on any atom is -0.271 e. The summed E-state index contributed by atoms with van der Waals surface area (Å²) in [5.41, 5.74) is 4.35. The highest BCUT2D eigenvalue weighted by Gasteiger charge is 2.22. The average Bonchev–Trinajstić information content (AvgIpc) is 2.64. The van der Waals surface area contributed by atoms with Gasteiger partial charge in [0.1, 0.15) is 5.82 Å². The molecule has 0 amide bonds. The number of hydrazine groups is 1. The molecule has 0 saturated heterocycles. The van der Waals surface area contributed by atoms with Crippen LogP contribution in [-0.2, 0) is 7.05 Å². The van der Waals surface area contributed by atoms with E-state index in [2.05, 4.69) is 54.3 Å². The number of hydrogen-bond acceptors (Lipinski definition) is 4. The summed E-state index contributed by atoms with van der Waals surface area (Å²) in [5.74, 6) is 5.33. The van der Waals surface area contributed by atoms with E-state index >= 15 is 0 Å². The molecule has 1 heterocycles. The lowest BCUT2D eigenvalue weighted by Gasteiger charge is -2.18. The largest absolute Gasteiger partial charge is 0.271 e. The molecule has 8 heteroatoms. The smallest absolute Gasteiger partial charge is 0.153 e. The number of nitrogens with zero attached hydrogens (tertiary/aromatic N) is 3. The van der Waals surface area contributed by atoms with Gasteiger partial charge in [-0.25, -0.2) is 14.5 Å². The molecule has 0 fully saturated rings. The summed E-state index contributed by atoms with van der Waals surface area (Å²) in [7, 11) is 1.77. The van der Waals surface area contributed by atoms with Gasteiger partial charge in [-0.3, -0.25) is 5.84 Å². The van der Waals surface area contributed by atoms with Gasteiger partial charge in [0.05, 0.1) is 11.7 Å². The minimum atomic E-state index is -0.313. The zero-order valence-corrected chi connectivity index (χ0v) is 13.1. The van der Waals surface area contributed by atoms with E-state index in [0.29, 0.717) is 4.60 Å². The Bertz CT molecular complexity index is 554. The van der Waals surface area contributed by atoms with Crippen LogP contribution >= 0.6 is 38.5 Å². The van der Waals surface area contributed by atoms with Crippen LogP contribution < -0.4 is 11.3 Å². The van der Waals surface area contributed by atoms with E-state index in [0.717, 1.165) is 14.8 Å². The second kappa shape index (κ2) is 5.59. The van der Waals surface area contributed by atoms with Crippen LogP contribution in [0, 0.1) is 9.39 Å². The van der Waals surface area contributed by atoms with Gasteiger partial charge < -0.3 is 0 Å². The Hall–Kier alpha value is -0.580. The van der Waals surface area contributed by atoms with Crippen molar-refractivity contribution in [3.05, 3.63) is 43.4 Å². The molecule has 3 N–H and O–H groups in total. The molecule has 0 spiro atoms. The van der Waals surface area contributed by atoms with Crippen molar-refractivity contribution in [1.29, 1.82) is 0 Å². The molecule has 1 aromatic carbocycles. The molecule has 0 bridgehead atoms. The summed E-state index contributed by atoms with van der Waals surface area (Å²) in [5, 5.41) is 7.82. The topological polar surface area (TPSA) is 68.8 Å². The average molecular weight is 426 g/mol. The third kappa shape index (κ3) is 2.56. The molecule has 18 heavy (non-hydrogen) atoms. The van der Waals surface area contributed by atoms with Crippen molar-refractivity contribution in [2.24, 2.45) is 12.9 Å². The maximum Gasteiger partial charge on any atom is 0.153 e. The number of aryl methyl sites for hydroxylation is 1. The maximum absolute atomic E-state index is 13.1. The number of hydrogen-bond donors (Lipinski definition) is 2. The van der Waals surface area contributed by atoms with Crippen molar-refractivity contribution >= 4 is 38.5 Å². The van der Waals surface area contributed by atoms with Gasteiger partial charge in [0.15, 0.2) is 4.60 Å². The molecule has 1 atom stereocenters. The number of benzene rings is 1. The summed E-state index contributed by atoms with van der Waals surface area (Å²) in [4.78, 5) is 0. The lowest BCUT2D eigenvalue weighted by atomic mass is 10.0. The lowest BCUT2D eigenvalue weighted by molar-refractivity contribution is 0.564. The highest BCUT2D eigenvalue weighted by Crippen LogP contribution is 2.29. The van der Waals surface area contributed by atoms with Gasteiger partial charge in [0.25, 0.3) is 0 Å². The molecule has 2 aromatic rings. The van der Waals surface area contributed by atoms with Crippen molar-refractivity contribution in [3.8, 4) is 0 Å². The van der Waals surface area contributed by atoms with Gasteiger partial charge in [-0.1, -0.05) is 11.3 Å². The first-order valence-corrected chi connectivity index (χ1v) is 6.88. The van der Waals surface area contributed by atoms with Crippen LogP contribution in [0.5, 0.6) is 0 Å². The van der Waals surface area contributed by atoms with Crippen LogP contribution in [0.25, 0.3) is 0 Å². The van der Waals surface area contributed by atoms with Crippen molar-refractivity contribution in [2.75, 3.05) is 0 Å². The van der Waals surface area contributed by atoms with Gasteiger partial charge >= 0.3 is 0 Å². The summed E-state index contributed by atoms with van der Waals surface area (Å²) >= 11 is 5.40. The Kier molecular flexibility index (Phi) is 4.30. The van der Waals surface area contributed by atoms with Crippen LogP contribution in [0.2, 0.25) is 0 Å². The Labute approximate surface area is 125 Å². The first kappa shape index (κ1) is 13.8. The summed E-state index contributed by atoms with van der Waals surface area (Å²) in [6.45, 7) is 0. The monoisotopic (exact) mass is 425 g/mol. The van der Waals surface area contributed by atoms with E-state index in [-0.39, 0.29) is 11.9 Å². The molecule has 0 radical (unpaired) electrons. The fourth-order valence-electron chi connectivity index (χ4n) is 1.70. The number of rotatable bonds is 3. The Balaban J connectivity index is 2.52. The van der Waals surface area contributed by atoms with Crippen LogP contribution in [0.15, 0.2) is 22.8 Å². The van der Waals surface area contributed by atoms with E-state index in [9.17, 15) is 4.39 Å². The lowest BCUT2D eigenvalue weighted by Crippen LogP contribution is -2.31. The van der Waals surface area contributed by atoms with Crippen LogP contribution in [0.3, 0.4) is 0 Å². The van der Waals surface area contributed by atoms with Gasteiger partial charge in [0.2, 0.25) is 0 Å². The van der Waals surface area contributed by atoms with Gasteiger partial charge in [0, 0.05) is 10.6 Å². The number of aromatic nitrogens is 3. The zero-order valence-electron chi connectivity index (χ0n) is 9.36. The van der Waals surface area contributed by atoms with Crippen molar-refractivity contribution in [3.63, 3.8) is 0 Å². The molecule has 5 nitrogen and oxygen atoms in total. The predicted molar refractivity (Wildman–Crippen MR) is 77.0 cm³/mol. The summed E-state index contributed by atoms with van der Waals surface area (Å²) in [6.07, 6.45) is 0. The van der Waals surface area contributed by atoms with E-state index in [1.807, 2.05) is 0 Å². The normalized spacial score (nSPS) is 12.7. The molecule has 0 aliphatic rings. The van der Waals surface area contributed by atoms with Gasteiger partial charge in [-0.05, 0) is 56.2 Å². The summed E-state index contributed by atoms with van der Waals surface area (Å²) in [6, 6.07) is 4.24. The Morgan fingerprint density at radius 3 is 2.78 bits per heavy atom. The zero-order chi connectivity index (χ0) is 13.3. The second-order valence-electron chi connectivity index (χ2n) is 3.65. The predicted octanol–water partition coefficient (Wildman–Crippen LogP) is 1.87. The third-order valence-corrected chi connectivity index (χ3v) is 4.04. The van der Waals surface area contributed by atoms with E-state index in [1.54, 1.807) is 17.8 Å². The molecular formula is C10H10BrFIN5. The summed E-state index contributed by atoms with van der Waals surface area (Å²) < 4.78 is 16.1. The SMILES string of the molecule is Cn1nnc(Br)c1C(NN)c1ccc(F)cc1I. The van der Waals surface area contributed by atoms with Crippen molar-refractivity contribution in [1.82, 2.24) is 20.4 Å². The van der Waals surface area contributed by atoms with Crippen LogP contribution in [0.1, 0.15) is 17.3 Å². The molecule has 0 saturated carbocycles. The molecule has 0 aliphatic carbocycles. The van der Waals surface area contributed by atoms with E-state index in [1.165, 1.54) is 12.1 Å². The number of nitrogens with one attached hydrogen (secondary N) is 1. The maximum atomic E-state index is 13.1. The van der Waals surface area contributed by atoms with Crippen molar-refractivity contribution in [2.45, 2.75) is 6.04 Å². The highest BCUT2D eigenvalue weighted by atomic mass is 127. The molecule has 2 rings (SSSR count). The second-order valence-corrected chi connectivity index (χ2v) is 5.57. The molecule has 0 aliphatic heterocycles. The molecule has 96 valence electrons. The molecular weight excluding hydrogens is 416 g/mol. The Morgan fingerprint density at radius 2 is 2.28 bits per heavy atom. The standard InChI is InChI=1S/C10H10BrFIN5/c1-18-9(10(11)16-17-18)8(15-14)6-3-2-5(12)4-7(6)13/h2-4,8,15H,14H2,1H3. The fraction of sp³-hybridized carbons (Fsp3) is 0.200. The first-order chi connectivity index (χ1) is 8.54. The number of nitrogens with two attached hydrogens (primary N) is 1. The molecule has 1 unspecified atom stereocenters. The first-order valence-electron chi connectivity index (χ1n) is 5.00. The number of halogens is 3. The quantitative estimate of drug-likeness (QED) is 0.447. The van der Waals surface area contributed by atoms with Gasteiger partial charge in [-0.2, -0.15) is 0 Å². The van der Waals surface area contributed by atoms with Crippen molar-refractivity contribution < 1.29 is 4.39 Å². The fourth-order valence-corrected chi connectivity index (χ4v) is 3.04. The highest BCUT2D eigenvalue weighted by molar-refractivity contribution is 14.1. The van der Waals surface area contributed by atoms with Gasteiger partial charge in [-0.15, -0.1) is 5.10 Å². The molecule has 1 aromatic heterocycles. The van der Waals surface area contributed by atoms with E-state index in [4.69, 9.17) is 5.84 Å². The third-order valence-electron chi connectivity index (χ3n) is 2.54.